The Bertz CT molecular complexity index is 211. The van der Waals surface area contributed by atoms with Crippen molar-refractivity contribution in [3.8, 4) is 0 Å². The first-order valence-corrected chi connectivity index (χ1v) is 3.18. The molecule has 0 bridgehead atoms. The van der Waals surface area contributed by atoms with Gasteiger partial charge in [-0.1, -0.05) is 6.58 Å². The summed E-state index contributed by atoms with van der Waals surface area (Å²) in [5.41, 5.74) is 0. The van der Waals surface area contributed by atoms with Crippen LogP contribution in [0.3, 0.4) is 0 Å². The zero-order valence-corrected chi connectivity index (χ0v) is 6.47. The molecule has 5 heteroatoms. The largest absolute Gasteiger partial charge is 0.461 e. The van der Waals surface area contributed by atoms with Crippen molar-refractivity contribution in [2.45, 2.75) is 12.8 Å². The van der Waals surface area contributed by atoms with Crippen LogP contribution in [0, 0.1) is 0 Å². The Morgan fingerprint density at radius 2 is 2.08 bits per heavy atom. The van der Waals surface area contributed by atoms with E-state index >= 15 is 0 Å². The van der Waals surface area contributed by atoms with Crippen molar-refractivity contribution < 1.29 is 23.1 Å². The van der Waals surface area contributed by atoms with E-state index in [-0.39, 0.29) is 6.61 Å². The molecule has 0 aliphatic rings. The van der Waals surface area contributed by atoms with Gasteiger partial charge < -0.3 is 4.74 Å². The highest BCUT2D eigenvalue weighted by Gasteiger charge is 2.46. The number of hydrogen-bond acceptors (Lipinski definition) is 3. The molecule has 0 amide bonds. The van der Waals surface area contributed by atoms with Crippen LogP contribution in [-0.2, 0) is 14.3 Å². The van der Waals surface area contributed by atoms with Crippen LogP contribution in [0.4, 0.5) is 8.78 Å². The number of hydrogen-bond donors (Lipinski definition) is 0. The summed E-state index contributed by atoms with van der Waals surface area (Å²) in [7, 11) is 0. The first-order valence-electron chi connectivity index (χ1n) is 3.18. The van der Waals surface area contributed by atoms with Gasteiger partial charge in [0, 0.05) is 0 Å². The van der Waals surface area contributed by atoms with Crippen molar-refractivity contribution in [2.75, 3.05) is 6.61 Å². The number of ether oxygens (including phenoxy) is 1. The van der Waals surface area contributed by atoms with E-state index in [1.54, 1.807) is 0 Å². The maximum Gasteiger partial charge on any atom is 0.403 e. The summed E-state index contributed by atoms with van der Waals surface area (Å²) in [6.07, 6.45) is 0.386. The van der Waals surface area contributed by atoms with Crippen LogP contribution in [0.5, 0.6) is 0 Å². The van der Waals surface area contributed by atoms with Gasteiger partial charge in [0.1, 0.15) is 0 Å². The first kappa shape index (κ1) is 10.7. The second kappa shape index (κ2) is 3.94. The van der Waals surface area contributed by atoms with E-state index in [1.165, 1.54) is 6.92 Å². The molecule has 12 heavy (non-hydrogen) atoms. The molecule has 0 rings (SSSR count). The summed E-state index contributed by atoms with van der Waals surface area (Å²) < 4.78 is 29.0. The molecule has 0 heterocycles. The molecule has 0 aliphatic heterocycles. The fraction of sp³-hybridized carbons (Fsp3) is 0.429. The second-order valence-corrected chi connectivity index (χ2v) is 1.86. The average Bonchev–Trinajstić information content (AvgIpc) is 2.03. The van der Waals surface area contributed by atoms with E-state index in [0.717, 1.165) is 0 Å². The predicted octanol–water partition coefficient (Wildman–Crippen LogP) is 0.940. The molecule has 68 valence electrons. The summed E-state index contributed by atoms with van der Waals surface area (Å²) >= 11 is 0. The number of alkyl halides is 2. The maximum absolute atomic E-state index is 12.5. The lowest BCUT2D eigenvalue weighted by Gasteiger charge is -2.10. The highest BCUT2D eigenvalue weighted by Crippen LogP contribution is 2.17. The number of esters is 1. The highest BCUT2D eigenvalue weighted by molar-refractivity contribution is 6.10. The normalized spacial score (nSPS) is 10.6. The van der Waals surface area contributed by atoms with Crippen molar-refractivity contribution in [3.63, 3.8) is 0 Å². The quantitative estimate of drug-likeness (QED) is 0.365. The van der Waals surface area contributed by atoms with Gasteiger partial charge in [-0.2, -0.15) is 8.78 Å². The monoisotopic (exact) mass is 178 g/mol. The summed E-state index contributed by atoms with van der Waals surface area (Å²) in [6, 6.07) is 0. The second-order valence-electron chi connectivity index (χ2n) is 1.86. The van der Waals surface area contributed by atoms with Crippen molar-refractivity contribution in [1.82, 2.24) is 0 Å². The lowest BCUT2D eigenvalue weighted by Crippen LogP contribution is -2.38. The number of ketones is 1. The smallest absolute Gasteiger partial charge is 0.403 e. The molecular formula is C7H8F2O3. The van der Waals surface area contributed by atoms with E-state index < -0.39 is 17.7 Å². The molecule has 0 unspecified atom stereocenters. The van der Waals surface area contributed by atoms with Gasteiger partial charge in [0.05, 0.1) is 6.61 Å². The zero-order chi connectivity index (χ0) is 9.78. The summed E-state index contributed by atoms with van der Waals surface area (Å²) in [4.78, 5) is 20.8. The Labute approximate surface area is 68.0 Å². The molecule has 0 spiro atoms. The molecular weight excluding hydrogens is 170 g/mol. The van der Waals surface area contributed by atoms with Gasteiger partial charge in [0.25, 0.3) is 0 Å². The third-order valence-electron chi connectivity index (χ3n) is 1.03. The van der Waals surface area contributed by atoms with E-state index in [9.17, 15) is 18.4 Å². The molecule has 0 saturated carbocycles. The molecule has 0 aliphatic carbocycles. The number of carbonyl (C=O) groups excluding carboxylic acids is 2. The minimum atomic E-state index is -4.10. The zero-order valence-electron chi connectivity index (χ0n) is 6.47. The summed E-state index contributed by atoms with van der Waals surface area (Å²) in [5.74, 6) is -7.59. The van der Waals surface area contributed by atoms with Crippen molar-refractivity contribution >= 4 is 11.8 Å². The first-order chi connectivity index (χ1) is 5.46. The van der Waals surface area contributed by atoms with Gasteiger partial charge in [-0.15, -0.1) is 0 Å². The minimum Gasteiger partial charge on any atom is -0.461 e. The molecule has 0 aromatic rings. The Morgan fingerprint density at radius 1 is 1.58 bits per heavy atom. The summed E-state index contributed by atoms with van der Waals surface area (Å²) in [6.45, 7) is 4.00. The standard InChI is InChI=1S/C7H8F2O3/c1-3-5(10)7(8,9)6(11)12-4-2/h3H,1,4H2,2H3. The van der Waals surface area contributed by atoms with Crippen LogP contribution in [0.2, 0.25) is 0 Å². The number of allylic oxidation sites excluding steroid dienone is 1. The fourth-order valence-electron chi connectivity index (χ4n) is 0.451. The van der Waals surface area contributed by atoms with Crippen LogP contribution in [-0.4, -0.2) is 24.3 Å². The lowest BCUT2D eigenvalue weighted by atomic mass is 10.2. The van der Waals surface area contributed by atoms with Crippen LogP contribution >= 0.6 is 0 Å². The lowest BCUT2D eigenvalue weighted by molar-refractivity contribution is -0.174. The Morgan fingerprint density at radius 3 is 2.42 bits per heavy atom. The van der Waals surface area contributed by atoms with Gasteiger partial charge in [0.2, 0.25) is 5.78 Å². The van der Waals surface area contributed by atoms with Gasteiger partial charge in [0.15, 0.2) is 0 Å². The van der Waals surface area contributed by atoms with Crippen molar-refractivity contribution in [1.29, 1.82) is 0 Å². The van der Waals surface area contributed by atoms with Gasteiger partial charge in [-0.3, -0.25) is 4.79 Å². The third-order valence-corrected chi connectivity index (χ3v) is 1.03. The molecule has 0 radical (unpaired) electrons. The van der Waals surface area contributed by atoms with Gasteiger partial charge in [-0.05, 0) is 13.0 Å². The van der Waals surface area contributed by atoms with Crippen LogP contribution in [0.15, 0.2) is 12.7 Å². The van der Waals surface area contributed by atoms with E-state index in [2.05, 4.69) is 11.3 Å². The van der Waals surface area contributed by atoms with Crippen molar-refractivity contribution in [3.05, 3.63) is 12.7 Å². The third kappa shape index (κ3) is 2.11. The number of carbonyl (C=O) groups is 2. The van der Waals surface area contributed by atoms with Crippen LogP contribution < -0.4 is 0 Å². The SMILES string of the molecule is C=CC(=O)C(F)(F)C(=O)OCC. The number of halogens is 2. The molecule has 0 saturated heterocycles. The Hall–Kier alpha value is -1.26. The number of rotatable bonds is 4. The maximum atomic E-state index is 12.5. The molecule has 0 atom stereocenters. The molecule has 0 aromatic heterocycles. The Kier molecular flexibility index (Phi) is 3.53. The minimum absolute atomic E-state index is 0.196. The highest BCUT2D eigenvalue weighted by atomic mass is 19.3. The summed E-state index contributed by atoms with van der Waals surface area (Å²) in [5, 5.41) is 0. The Balaban J connectivity index is 4.48. The average molecular weight is 178 g/mol. The van der Waals surface area contributed by atoms with Gasteiger partial charge >= 0.3 is 11.9 Å². The molecule has 0 N–H and O–H groups in total. The van der Waals surface area contributed by atoms with E-state index in [4.69, 9.17) is 0 Å². The molecule has 0 aromatic carbocycles. The van der Waals surface area contributed by atoms with Crippen LogP contribution in [0.25, 0.3) is 0 Å². The van der Waals surface area contributed by atoms with E-state index in [0.29, 0.717) is 6.08 Å². The predicted molar refractivity (Wildman–Crippen MR) is 36.8 cm³/mol. The molecule has 3 nitrogen and oxygen atoms in total. The van der Waals surface area contributed by atoms with Crippen molar-refractivity contribution in [2.24, 2.45) is 0 Å². The van der Waals surface area contributed by atoms with Crippen LogP contribution in [0.1, 0.15) is 6.92 Å². The van der Waals surface area contributed by atoms with Gasteiger partial charge in [-0.25, -0.2) is 4.79 Å². The van der Waals surface area contributed by atoms with E-state index in [1.807, 2.05) is 0 Å². The topological polar surface area (TPSA) is 43.4 Å². The fourth-order valence-corrected chi connectivity index (χ4v) is 0.451. The molecule has 0 fully saturated rings.